The van der Waals surface area contributed by atoms with E-state index in [-0.39, 0.29) is 12.0 Å². The molecule has 11 heavy (non-hydrogen) atoms. The van der Waals surface area contributed by atoms with Gasteiger partial charge in [0.1, 0.15) is 6.04 Å². The molecule has 1 fully saturated rings. The van der Waals surface area contributed by atoms with E-state index in [9.17, 15) is 4.79 Å². The van der Waals surface area contributed by atoms with E-state index >= 15 is 0 Å². The van der Waals surface area contributed by atoms with Crippen molar-refractivity contribution in [3.05, 3.63) is 0 Å². The van der Waals surface area contributed by atoms with Crippen LogP contribution in [0, 0.1) is 0 Å². The molecular formula is C8H15NO2. The first kappa shape index (κ1) is 8.53. The second-order valence-corrected chi connectivity index (χ2v) is 3.06. The first-order valence-electron chi connectivity index (χ1n) is 4.09. The van der Waals surface area contributed by atoms with Gasteiger partial charge in [0.2, 0.25) is 0 Å². The second kappa shape index (κ2) is 3.22. The highest BCUT2D eigenvalue weighted by Crippen LogP contribution is 2.21. The van der Waals surface area contributed by atoms with E-state index in [1.165, 1.54) is 0 Å². The van der Waals surface area contributed by atoms with E-state index in [4.69, 9.17) is 4.74 Å². The van der Waals surface area contributed by atoms with E-state index in [2.05, 4.69) is 18.7 Å². The Labute approximate surface area is 67.3 Å². The summed E-state index contributed by atoms with van der Waals surface area (Å²) in [6.07, 6.45) is 0. The van der Waals surface area contributed by atoms with Crippen LogP contribution in [0.2, 0.25) is 0 Å². The van der Waals surface area contributed by atoms with Crippen LogP contribution in [0.25, 0.3) is 0 Å². The van der Waals surface area contributed by atoms with Crippen molar-refractivity contribution >= 4 is 5.97 Å². The number of ether oxygens (including phenoxy) is 1. The van der Waals surface area contributed by atoms with Gasteiger partial charge < -0.3 is 4.74 Å². The van der Waals surface area contributed by atoms with E-state index in [0.717, 1.165) is 6.54 Å². The molecule has 3 nitrogen and oxygen atoms in total. The molecule has 0 aromatic carbocycles. The van der Waals surface area contributed by atoms with Crippen LogP contribution in [-0.4, -0.2) is 36.1 Å². The lowest BCUT2D eigenvalue weighted by Crippen LogP contribution is -2.20. The van der Waals surface area contributed by atoms with Gasteiger partial charge in [0, 0.05) is 12.6 Å². The summed E-state index contributed by atoms with van der Waals surface area (Å²) < 4.78 is 4.87. The number of rotatable bonds is 3. The summed E-state index contributed by atoms with van der Waals surface area (Å²) in [5, 5.41) is 0. The Kier molecular flexibility index (Phi) is 2.49. The summed E-state index contributed by atoms with van der Waals surface area (Å²) in [4.78, 5) is 13.2. The van der Waals surface area contributed by atoms with Crippen molar-refractivity contribution < 1.29 is 9.53 Å². The van der Waals surface area contributed by atoms with Crippen LogP contribution in [0.3, 0.4) is 0 Å². The topological polar surface area (TPSA) is 29.3 Å². The zero-order valence-electron chi connectivity index (χ0n) is 7.33. The maximum atomic E-state index is 11.1. The number of esters is 1. The molecule has 3 heteroatoms. The van der Waals surface area contributed by atoms with Gasteiger partial charge in [-0.25, -0.2) is 0 Å². The summed E-state index contributed by atoms with van der Waals surface area (Å²) in [5.74, 6) is -0.0683. The summed E-state index contributed by atoms with van der Waals surface area (Å²) >= 11 is 0. The molecule has 64 valence electrons. The maximum Gasteiger partial charge on any atom is 0.324 e. The predicted molar refractivity (Wildman–Crippen MR) is 42.3 cm³/mol. The zero-order chi connectivity index (χ0) is 8.43. The van der Waals surface area contributed by atoms with E-state index in [0.29, 0.717) is 12.6 Å². The Morgan fingerprint density at radius 3 is 2.73 bits per heavy atom. The van der Waals surface area contributed by atoms with Gasteiger partial charge >= 0.3 is 5.97 Å². The van der Waals surface area contributed by atoms with E-state index in [1.807, 2.05) is 6.92 Å². The normalized spacial score (nSPS) is 28.7. The fraction of sp³-hybridized carbons (Fsp3) is 0.875. The molecule has 0 spiro atoms. The van der Waals surface area contributed by atoms with Crippen molar-refractivity contribution in [1.29, 1.82) is 0 Å². The van der Waals surface area contributed by atoms with Gasteiger partial charge in [0.15, 0.2) is 0 Å². The van der Waals surface area contributed by atoms with Crippen LogP contribution in [0.5, 0.6) is 0 Å². The number of carbonyl (C=O) groups excluding carboxylic acids is 1. The number of hydrogen-bond acceptors (Lipinski definition) is 3. The Morgan fingerprint density at radius 1 is 1.73 bits per heavy atom. The molecule has 1 aliphatic heterocycles. The molecule has 1 saturated heterocycles. The van der Waals surface area contributed by atoms with Crippen LogP contribution in [0.1, 0.15) is 20.8 Å². The lowest BCUT2D eigenvalue weighted by molar-refractivity contribution is -0.143. The van der Waals surface area contributed by atoms with Gasteiger partial charge in [-0.2, -0.15) is 0 Å². The Hall–Kier alpha value is -0.570. The molecule has 1 rings (SSSR count). The highest BCUT2D eigenvalue weighted by Gasteiger charge is 2.42. The SMILES string of the molecule is CCOC(=O)C1CN1C(C)C. The third kappa shape index (κ3) is 1.93. The average molecular weight is 157 g/mol. The molecule has 0 N–H and O–H groups in total. The molecule has 1 aliphatic rings. The molecular weight excluding hydrogens is 142 g/mol. The van der Waals surface area contributed by atoms with Crippen molar-refractivity contribution in [2.45, 2.75) is 32.9 Å². The van der Waals surface area contributed by atoms with Crippen LogP contribution in [-0.2, 0) is 9.53 Å². The predicted octanol–water partition coefficient (Wildman–Crippen LogP) is 0.642. The molecule has 0 bridgehead atoms. The van der Waals surface area contributed by atoms with Crippen molar-refractivity contribution in [3.63, 3.8) is 0 Å². The lowest BCUT2D eigenvalue weighted by atomic mass is 10.4. The summed E-state index contributed by atoms with van der Waals surface area (Å²) in [6.45, 7) is 7.36. The molecule has 0 radical (unpaired) electrons. The van der Waals surface area contributed by atoms with Gasteiger partial charge in [-0.15, -0.1) is 0 Å². The van der Waals surface area contributed by atoms with Crippen LogP contribution in [0.4, 0.5) is 0 Å². The Morgan fingerprint density at radius 2 is 2.36 bits per heavy atom. The van der Waals surface area contributed by atoms with E-state index < -0.39 is 0 Å². The summed E-state index contributed by atoms with van der Waals surface area (Å²) in [6, 6.07) is 0.513. The minimum Gasteiger partial charge on any atom is -0.465 e. The molecule has 0 amide bonds. The minimum absolute atomic E-state index is 0.0509. The summed E-state index contributed by atoms with van der Waals surface area (Å²) in [7, 11) is 0. The molecule has 0 aromatic rings. The number of hydrogen-bond donors (Lipinski definition) is 0. The monoisotopic (exact) mass is 157 g/mol. The number of nitrogens with zero attached hydrogens (tertiary/aromatic N) is 1. The fourth-order valence-electron chi connectivity index (χ4n) is 1.17. The quantitative estimate of drug-likeness (QED) is 0.445. The Bertz CT molecular complexity index is 156. The van der Waals surface area contributed by atoms with Gasteiger partial charge in [-0.1, -0.05) is 0 Å². The fourth-order valence-corrected chi connectivity index (χ4v) is 1.17. The van der Waals surface area contributed by atoms with Crippen molar-refractivity contribution in [2.24, 2.45) is 0 Å². The Balaban J connectivity index is 2.26. The van der Waals surface area contributed by atoms with Crippen molar-refractivity contribution in [3.8, 4) is 0 Å². The molecule has 0 saturated carbocycles. The highest BCUT2D eigenvalue weighted by atomic mass is 16.5. The van der Waals surface area contributed by atoms with Crippen molar-refractivity contribution in [1.82, 2.24) is 4.90 Å². The third-order valence-corrected chi connectivity index (χ3v) is 1.87. The number of carbonyl (C=O) groups is 1. The third-order valence-electron chi connectivity index (χ3n) is 1.87. The molecule has 1 heterocycles. The molecule has 2 atom stereocenters. The largest absolute Gasteiger partial charge is 0.465 e. The second-order valence-electron chi connectivity index (χ2n) is 3.06. The highest BCUT2D eigenvalue weighted by molar-refractivity contribution is 5.79. The standard InChI is InChI=1S/C8H15NO2/c1-4-11-8(10)7-5-9(7)6(2)3/h6-7H,4-5H2,1-3H3. The zero-order valence-corrected chi connectivity index (χ0v) is 7.33. The van der Waals surface area contributed by atoms with Gasteiger partial charge in [-0.05, 0) is 20.8 Å². The first-order valence-corrected chi connectivity index (χ1v) is 4.09. The lowest BCUT2D eigenvalue weighted by Gasteiger charge is -2.05. The van der Waals surface area contributed by atoms with Crippen LogP contribution in [0.15, 0.2) is 0 Å². The van der Waals surface area contributed by atoms with Gasteiger partial charge in [0.05, 0.1) is 6.61 Å². The average Bonchev–Trinajstić information content (AvgIpc) is 2.65. The van der Waals surface area contributed by atoms with Gasteiger partial charge in [0.25, 0.3) is 0 Å². The van der Waals surface area contributed by atoms with Crippen LogP contribution >= 0.6 is 0 Å². The minimum atomic E-state index is -0.0683. The van der Waals surface area contributed by atoms with E-state index in [1.54, 1.807) is 0 Å². The first-order chi connectivity index (χ1) is 5.16. The summed E-state index contributed by atoms with van der Waals surface area (Å²) in [5.41, 5.74) is 0. The molecule has 2 unspecified atom stereocenters. The van der Waals surface area contributed by atoms with Gasteiger partial charge in [-0.3, -0.25) is 9.69 Å². The molecule has 0 aliphatic carbocycles. The maximum absolute atomic E-state index is 11.1. The van der Waals surface area contributed by atoms with Crippen molar-refractivity contribution in [2.75, 3.05) is 13.2 Å². The molecule has 0 aromatic heterocycles. The van der Waals surface area contributed by atoms with Crippen LogP contribution < -0.4 is 0 Å². The smallest absolute Gasteiger partial charge is 0.324 e.